The van der Waals surface area contributed by atoms with Gasteiger partial charge in [-0.15, -0.1) is 0 Å². The Morgan fingerprint density at radius 1 is 1.23 bits per heavy atom. The highest BCUT2D eigenvalue weighted by atomic mass is 32.2. The fourth-order valence-electron chi connectivity index (χ4n) is 3.67. The number of ether oxygens (including phenoxy) is 2. The van der Waals surface area contributed by atoms with Gasteiger partial charge in [-0.05, 0) is 41.3 Å². The zero-order valence-electron chi connectivity index (χ0n) is 15.4. The van der Waals surface area contributed by atoms with E-state index in [0.717, 1.165) is 50.8 Å². The Morgan fingerprint density at radius 2 is 2.00 bits per heavy atom. The van der Waals surface area contributed by atoms with Gasteiger partial charge in [-0.3, -0.25) is 4.79 Å². The Balaban J connectivity index is 1.33. The topological polar surface area (TPSA) is 45.2 Å². The molecule has 0 spiro atoms. The number of likely N-dealkylation sites (N-methyl/N-ethyl adjacent to an activating group) is 1. The van der Waals surface area contributed by atoms with Crippen LogP contribution in [0.4, 0.5) is 5.69 Å². The van der Waals surface area contributed by atoms with Crippen LogP contribution in [0.3, 0.4) is 0 Å². The van der Waals surface area contributed by atoms with Crippen molar-refractivity contribution < 1.29 is 14.3 Å². The molecule has 0 aliphatic carbocycles. The zero-order valence-corrected chi connectivity index (χ0v) is 16.2. The SMILES string of the molecule is COCCC(=O)N1CC2=C(CN(Sc3ccc4c(c3)N(C)CCO4)C2)C1. The van der Waals surface area contributed by atoms with Crippen molar-refractivity contribution in [1.29, 1.82) is 0 Å². The van der Waals surface area contributed by atoms with Crippen molar-refractivity contribution in [3.8, 4) is 5.75 Å². The third-order valence-electron chi connectivity index (χ3n) is 5.13. The van der Waals surface area contributed by atoms with Crippen molar-refractivity contribution in [2.75, 3.05) is 65.0 Å². The fourth-order valence-corrected chi connectivity index (χ4v) is 4.70. The monoisotopic (exact) mass is 375 g/mol. The summed E-state index contributed by atoms with van der Waals surface area (Å²) in [7, 11) is 3.74. The smallest absolute Gasteiger partial charge is 0.225 e. The molecule has 3 heterocycles. The van der Waals surface area contributed by atoms with Gasteiger partial charge in [0.1, 0.15) is 12.4 Å². The highest BCUT2D eigenvalue weighted by Crippen LogP contribution is 2.38. The predicted molar refractivity (Wildman–Crippen MR) is 103 cm³/mol. The molecule has 7 heteroatoms. The first kappa shape index (κ1) is 17.7. The number of methoxy groups -OCH3 is 1. The molecule has 1 amide bonds. The van der Waals surface area contributed by atoms with Crippen LogP contribution in [-0.2, 0) is 9.53 Å². The van der Waals surface area contributed by atoms with E-state index in [1.807, 2.05) is 4.90 Å². The molecular weight excluding hydrogens is 350 g/mol. The van der Waals surface area contributed by atoms with Crippen LogP contribution in [0.25, 0.3) is 0 Å². The van der Waals surface area contributed by atoms with Gasteiger partial charge in [-0.2, -0.15) is 0 Å². The second-order valence-electron chi connectivity index (χ2n) is 6.99. The average Bonchev–Trinajstić information content (AvgIpc) is 3.19. The molecule has 1 aromatic rings. The lowest BCUT2D eigenvalue weighted by atomic mass is 10.2. The molecule has 1 aromatic carbocycles. The van der Waals surface area contributed by atoms with E-state index in [2.05, 4.69) is 34.5 Å². The Labute approximate surface area is 158 Å². The van der Waals surface area contributed by atoms with Crippen molar-refractivity contribution in [3.63, 3.8) is 0 Å². The normalized spacial score (nSPS) is 19.6. The van der Waals surface area contributed by atoms with Gasteiger partial charge in [-0.1, -0.05) is 0 Å². The van der Waals surface area contributed by atoms with Crippen LogP contribution in [-0.4, -0.2) is 75.2 Å². The summed E-state index contributed by atoms with van der Waals surface area (Å²) in [6.45, 7) is 5.57. The van der Waals surface area contributed by atoms with Gasteiger partial charge < -0.3 is 19.3 Å². The van der Waals surface area contributed by atoms with Crippen molar-refractivity contribution in [1.82, 2.24) is 9.21 Å². The number of carbonyl (C=O) groups excluding carboxylic acids is 1. The maximum Gasteiger partial charge on any atom is 0.225 e. The lowest BCUT2D eigenvalue weighted by molar-refractivity contribution is -0.130. The number of hydrogen-bond acceptors (Lipinski definition) is 6. The van der Waals surface area contributed by atoms with Crippen LogP contribution in [0.1, 0.15) is 6.42 Å². The Kier molecular flexibility index (Phi) is 5.11. The van der Waals surface area contributed by atoms with Gasteiger partial charge in [-0.25, -0.2) is 4.31 Å². The molecule has 0 aromatic heterocycles. The number of nitrogens with zero attached hydrogens (tertiary/aromatic N) is 3. The highest BCUT2D eigenvalue weighted by molar-refractivity contribution is 7.97. The molecule has 4 rings (SSSR count). The van der Waals surface area contributed by atoms with Gasteiger partial charge in [0.05, 0.1) is 25.3 Å². The van der Waals surface area contributed by atoms with Gasteiger partial charge in [0, 0.05) is 45.2 Å². The van der Waals surface area contributed by atoms with Crippen LogP contribution >= 0.6 is 11.9 Å². The summed E-state index contributed by atoms with van der Waals surface area (Å²) in [5, 5.41) is 0. The van der Waals surface area contributed by atoms with Gasteiger partial charge in [0.25, 0.3) is 0 Å². The summed E-state index contributed by atoms with van der Waals surface area (Å²) >= 11 is 1.79. The zero-order chi connectivity index (χ0) is 18.1. The average molecular weight is 375 g/mol. The van der Waals surface area contributed by atoms with E-state index in [0.29, 0.717) is 13.0 Å². The molecule has 3 aliphatic heterocycles. The number of carbonyl (C=O) groups is 1. The van der Waals surface area contributed by atoms with E-state index in [1.54, 1.807) is 19.1 Å². The maximum atomic E-state index is 12.2. The predicted octanol–water partition coefficient (Wildman–Crippen LogP) is 2.01. The molecule has 0 unspecified atom stereocenters. The van der Waals surface area contributed by atoms with Crippen LogP contribution in [0.15, 0.2) is 34.2 Å². The van der Waals surface area contributed by atoms with E-state index in [4.69, 9.17) is 9.47 Å². The molecule has 0 radical (unpaired) electrons. The van der Waals surface area contributed by atoms with Crippen molar-refractivity contribution in [3.05, 3.63) is 29.3 Å². The molecule has 140 valence electrons. The molecule has 0 N–H and O–H groups in total. The number of fused-ring (bicyclic) bond motifs is 1. The first-order valence-electron chi connectivity index (χ1n) is 9.01. The second kappa shape index (κ2) is 7.50. The quantitative estimate of drug-likeness (QED) is 0.580. The number of amides is 1. The molecule has 6 nitrogen and oxygen atoms in total. The third-order valence-corrected chi connectivity index (χ3v) is 6.11. The van der Waals surface area contributed by atoms with Crippen LogP contribution in [0.2, 0.25) is 0 Å². The summed E-state index contributed by atoms with van der Waals surface area (Å²) in [6.07, 6.45) is 0.472. The number of benzene rings is 1. The second-order valence-corrected chi connectivity index (χ2v) is 8.16. The van der Waals surface area contributed by atoms with Crippen molar-refractivity contribution in [2.45, 2.75) is 11.3 Å². The van der Waals surface area contributed by atoms with Gasteiger partial charge in [0.2, 0.25) is 5.91 Å². The van der Waals surface area contributed by atoms with Crippen LogP contribution in [0.5, 0.6) is 5.75 Å². The lowest BCUT2D eigenvalue weighted by Gasteiger charge is -2.28. The van der Waals surface area contributed by atoms with Crippen molar-refractivity contribution >= 4 is 23.5 Å². The molecule has 0 bridgehead atoms. The van der Waals surface area contributed by atoms with Crippen molar-refractivity contribution in [2.24, 2.45) is 0 Å². The molecule has 0 saturated heterocycles. The Hall–Kier alpha value is -1.70. The largest absolute Gasteiger partial charge is 0.490 e. The van der Waals surface area contributed by atoms with Gasteiger partial charge in [0.15, 0.2) is 0 Å². The third kappa shape index (κ3) is 3.56. The first-order valence-corrected chi connectivity index (χ1v) is 9.79. The molecule has 26 heavy (non-hydrogen) atoms. The van der Waals surface area contributed by atoms with E-state index < -0.39 is 0 Å². The van der Waals surface area contributed by atoms with E-state index in [9.17, 15) is 4.79 Å². The standard InChI is InChI=1S/C19H25N3O3S/c1-20-6-8-25-18-4-3-16(9-17(18)20)26-22-12-14-10-21(11-15(14)13-22)19(23)5-7-24-2/h3-4,9H,5-8,10-13H2,1-2H3. The highest BCUT2D eigenvalue weighted by Gasteiger charge is 2.32. The van der Waals surface area contributed by atoms with Gasteiger partial charge >= 0.3 is 0 Å². The summed E-state index contributed by atoms with van der Waals surface area (Å²) in [6, 6.07) is 6.41. The minimum Gasteiger partial charge on any atom is -0.490 e. The molecular formula is C19H25N3O3S. The Bertz CT molecular complexity index is 719. The van der Waals surface area contributed by atoms with Crippen LogP contribution < -0.4 is 9.64 Å². The first-order chi connectivity index (χ1) is 12.6. The van der Waals surface area contributed by atoms with E-state index in [-0.39, 0.29) is 5.91 Å². The Morgan fingerprint density at radius 3 is 2.73 bits per heavy atom. The van der Waals surface area contributed by atoms with E-state index >= 15 is 0 Å². The lowest BCUT2D eigenvalue weighted by Crippen LogP contribution is -2.33. The maximum absolute atomic E-state index is 12.2. The fraction of sp³-hybridized carbons (Fsp3) is 0.526. The summed E-state index contributed by atoms with van der Waals surface area (Å²) in [4.78, 5) is 17.6. The summed E-state index contributed by atoms with van der Waals surface area (Å²) in [5.41, 5.74) is 3.97. The van der Waals surface area contributed by atoms with E-state index in [1.165, 1.54) is 16.0 Å². The minimum atomic E-state index is 0.193. The summed E-state index contributed by atoms with van der Waals surface area (Å²) in [5.74, 6) is 1.16. The number of anilines is 1. The summed E-state index contributed by atoms with van der Waals surface area (Å²) < 4.78 is 13.1. The van der Waals surface area contributed by atoms with Crippen LogP contribution in [0, 0.1) is 0 Å². The molecule has 3 aliphatic rings. The molecule has 0 saturated carbocycles. The molecule has 0 fully saturated rings. The minimum absolute atomic E-state index is 0.193. The number of hydrogen-bond donors (Lipinski definition) is 0. The number of rotatable bonds is 5. The molecule has 0 atom stereocenters.